The van der Waals surface area contributed by atoms with Crippen LogP contribution in [0.1, 0.15) is 44.9 Å². The van der Waals surface area contributed by atoms with Crippen LogP contribution in [-0.2, 0) is 10.0 Å². The van der Waals surface area contributed by atoms with Crippen molar-refractivity contribution >= 4 is 27.5 Å². The highest BCUT2D eigenvalue weighted by molar-refractivity contribution is 8.00. The molecule has 0 atom stereocenters. The summed E-state index contributed by atoms with van der Waals surface area (Å²) in [7, 11) is -3.67. The van der Waals surface area contributed by atoms with Crippen LogP contribution in [0.25, 0.3) is 0 Å². The Bertz CT molecular complexity index is 709. The summed E-state index contributed by atoms with van der Waals surface area (Å²) in [5, 5.41) is 11.5. The minimum Gasteiger partial charge on any atom is -0.258 e. The summed E-state index contributed by atoms with van der Waals surface area (Å²) in [5.41, 5.74) is -0.166. The van der Waals surface area contributed by atoms with Gasteiger partial charge in [-0.05, 0) is 31.7 Å². The molecule has 6 nitrogen and oxygen atoms in total. The number of benzene rings is 1. The Morgan fingerprint density at radius 1 is 1.08 bits per heavy atom. The first-order chi connectivity index (χ1) is 11.5. The van der Waals surface area contributed by atoms with Crippen molar-refractivity contribution in [2.75, 3.05) is 13.1 Å². The second-order valence-electron chi connectivity index (χ2n) is 6.38. The molecule has 0 spiro atoms. The van der Waals surface area contributed by atoms with Crippen molar-refractivity contribution in [2.45, 2.75) is 60.0 Å². The molecule has 1 aliphatic heterocycles. The minimum atomic E-state index is -3.67. The standard InChI is InChI=1S/C16H22N2O4S2/c19-18(20)13-8-9-15(23-14-6-2-1-3-7-14)16(12-13)24(21,22)17-10-4-5-11-17/h8-9,12,14H,1-7,10-11H2. The fourth-order valence-corrected chi connectivity index (χ4v) is 6.66. The molecule has 2 aliphatic rings. The van der Waals surface area contributed by atoms with Crippen LogP contribution in [0.2, 0.25) is 0 Å². The number of hydrogen-bond donors (Lipinski definition) is 0. The smallest absolute Gasteiger partial charge is 0.258 e. The summed E-state index contributed by atoms with van der Waals surface area (Å²) in [4.78, 5) is 11.3. The Morgan fingerprint density at radius 3 is 2.38 bits per heavy atom. The second-order valence-corrected chi connectivity index (χ2v) is 9.63. The summed E-state index contributed by atoms with van der Waals surface area (Å²) < 4.78 is 27.4. The van der Waals surface area contributed by atoms with Gasteiger partial charge in [-0.1, -0.05) is 19.3 Å². The third-order valence-corrected chi connectivity index (χ3v) is 8.15. The predicted molar refractivity (Wildman–Crippen MR) is 93.8 cm³/mol. The first-order valence-corrected chi connectivity index (χ1v) is 10.8. The lowest BCUT2D eigenvalue weighted by Gasteiger charge is -2.23. The van der Waals surface area contributed by atoms with E-state index < -0.39 is 14.9 Å². The van der Waals surface area contributed by atoms with Crippen LogP contribution >= 0.6 is 11.8 Å². The van der Waals surface area contributed by atoms with E-state index in [-0.39, 0.29) is 10.6 Å². The maximum absolute atomic E-state index is 13.0. The Hall–Kier alpha value is -1.12. The fourth-order valence-electron chi connectivity index (χ4n) is 3.34. The molecular formula is C16H22N2O4S2. The van der Waals surface area contributed by atoms with E-state index in [1.807, 2.05) is 0 Å². The van der Waals surface area contributed by atoms with Crippen LogP contribution in [-0.4, -0.2) is 36.0 Å². The van der Waals surface area contributed by atoms with Gasteiger partial charge in [0.1, 0.15) is 4.90 Å². The van der Waals surface area contributed by atoms with E-state index in [1.165, 1.54) is 35.7 Å². The largest absolute Gasteiger partial charge is 0.270 e. The zero-order valence-electron chi connectivity index (χ0n) is 13.5. The molecular weight excluding hydrogens is 348 g/mol. The quantitative estimate of drug-likeness (QED) is 0.582. The van der Waals surface area contributed by atoms with E-state index in [1.54, 1.807) is 17.8 Å². The highest BCUT2D eigenvalue weighted by Crippen LogP contribution is 2.39. The second kappa shape index (κ2) is 7.41. The topological polar surface area (TPSA) is 80.5 Å². The lowest BCUT2D eigenvalue weighted by Crippen LogP contribution is -2.28. The molecule has 0 bridgehead atoms. The summed E-state index contributed by atoms with van der Waals surface area (Å²) in [6.45, 7) is 0.997. The predicted octanol–water partition coefficient (Wildman–Crippen LogP) is 3.80. The number of nitrogens with zero attached hydrogens (tertiary/aromatic N) is 2. The number of rotatable bonds is 5. The SMILES string of the molecule is O=[N+]([O-])c1ccc(SC2CCCCC2)c(S(=O)(=O)N2CCCC2)c1. The summed E-state index contributed by atoms with van der Waals surface area (Å²) in [6.07, 6.45) is 7.40. The van der Waals surface area contributed by atoms with Gasteiger partial charge >= 0.3 is 0 Å². The average Bonchev–Trinajstić information content (AvgIpc) is 3.11. The Kier molecular flexibility index (Phi) is 5.46. The molecule has 1 heterocycles. The van der Waals surface area contributed by atoms with E-state index >= 15 is 0 Å². The number of nitro groups is 1. The lowest BCUT2D eigenvalue weighted by molar-refractivity contribution is -0.385. The molecule has 132 valence electrons. The monoisotopic (exact) mass is 370 g/mol. The van der Waals surface area contributed by atoms with Crippen molar-refractivity contribution in [3.8, 4) is 0 Å². The van der Waals surface area contributed by atoms with E-state index in [4.69, 9.17) is 0 Å². The van der Waals surface area contributed by atoms with Crippen LogP contribution in [0.3, 0.4) is 0 Å². The number of hydrogen-bond acceptors (Lipinski definition) is 5. The molecule has 0 unspecified atom stereocenters. The number of non-ortho nitro benzene ring substituents is 1. The molecule has 3 rings (SSSR count). The molecule has 0 amide bonds. The van der Waals surface area contributed by atoms with E-state index in [9.17, 15) is 18.5 Å². The number of nitro benzene ring substituents is 1. The van der Waals surface area contributed by atoms with Gasteiger partial charge < -0.3 is 0 Å². The van der Waals surface area contributed by atoms with Crippen LogP contribution in [0.15, 0.2) is 28.0 Å². The van der Waals surface area contributed by atoms with Crippen LogP contribution < -0.4 is 0 Å². The zero-order valence-corrected chi connectivity index (χ0v) is 15.2. The van der Waals surface area contributed by atoms with Gasteiger partial charge in [-0.15, -0.1) is 11.8 Å². The van der Waals surface area contributed by atoms with E-state index in [0.29, 0.717) is 23.2 Å². The van der Waals surface area contributed by atoms with E-state index in [2.05, 4.69) is 0 Å². The summed E-state index contributed by atoms with van der Waals surface area (Å²) in [5.74, 6) is 0. The first kappa shape index (κ1) is 17.7. The molecule has 1 aliphatic carbocycles. The third kappa shape index (κ3) is 3.75. The maximum Gasteiger partial charge on any atom is 0.270 e. The average molecular weight is 370 g/mol. The van der Waals surface area contributed by atoms with Gasteiger partial charge in [0.25, 0.3) is 5.69 Å². The van der Waals surface area contributed by atoms with Crippen molar-refractivity contribution in [3.05, 3.63) is 28.3 Å². The highest BCUT2D eigenvalue weighted by Gasteiger charge is 2.31. The lowest BCUT2D eigenvalue weighted by atomic mass is 10.0. The van der Waals surface area contributed by atoms with Crippen LogP contribution in [0.4, 0.5) is 5.69 Å². The summed E-state index contributed by atoms with van der Waals surface area (Å²) >= 11 is 1.57. The summed E-state index contributed by atoms with van der Waals surface area (Å²) in [6, 6.07) is 4.26. The molecule has 1 saturated heterocycles. The van der Waals surface area contributed by atoms with Crippen molar-refractivity contribution in [2.24, 2.45) is 0 Å². The van der Waals surface area contributed by atoms with Gasteiger partial charge in [-0.25, -0.2) is 8.42 Å². The van der Waals surface area contributed by atoms with Crippen molar-refractivity contribution in [1.82, 2.24) is 4.31 Å². The maximum atomic E-state index is 13.0. The Morgan fingerprint density at radius 2 is 1.75 bits per heavy atom. The normalized spacial score (nSPS) is 20.3. The van der Waals surface area contributed by atoms with Gasteiger partial charge in [0.05, 0.1) is 4.92 Å². The molecule has 1 aromatic carbocycles. The van der Waals surface area contributed by atoms with Gasteiger partial charge in [-0.2, -0.15) is 4.31 Å². The van der Waals surface area contributed by atoms with Gasteiger partial charge in [0.2, 0.25) is 10.0 Å². The van der Waals surface area contributed by atoms with Crippen LogP contribution in [0, 0.1) is 10.1 Å². The van der Waals surface area contributed by atoms with Gasteiger partial charge in [-0.3, -0.25) is 10.1 Å². The number of thioether (sulfide) groups is 1. The fraction of sp³-hybridized carbons (Fsp3) is 0.625. The van der Waals surface area contributed by atoms with Crippen LogP contribution in [0.5, 0.6) is 0 Å². The molecule has 2 fully saturated rings. The first-order valence-electron chi connectivity index (χ1n) is 8.44. The minimum absolute atomic E-state index is 0.106. The molecule has 24 heavy (non-hydrogen) atoms. The van der Waals surface area contributed by atoms with Crippen molar-refractivity contribution < 1.29 is 13.3 Å². The highest BCUT2D eigenvalue weighted by atomic mass is 32.2. The Labute approximate surface area is 146 Å². The molecule has 8 heteroatoms. The molecule has 0 aromatic heterocycles. The molecule has 0 radical (unpaired) electrons. The molecule has 1 aromatic rings. The van der Waals surface area contributed by atoms with E-state index in [0.717, 1.165) is 25.7 Å². The molecule has 0 N–H and O–H groups in total. The van der Waals surface area contributed by atoms with Gasteiger partial charge in [0, 0.05) is 35.4 Å². The zero-order chi connectivity index (χ0) is 17.2. The third-order valence-electron chi connectivity index (χ3n) is 4.67. The van der Waals surface area contributed by atoms with Crippen molar-refractivity contribution in [1.29, 1.82) is 0 Å². The van der Waals surface area contributed by atoms with Gasteiger partial charge in [0.15, 0.2) is 0 Å². The Balaban J connectivity index is 1.96. The molecule has 1 saturated carbocycles. The number of sulfonamides is 1. The van der Waals surface area contributed by atoms with Crippen molar-refractivity contribution in [3.63, 3.8) is 0 Å².